The van der Waals surface area contributed by atoms with Gasteiger partial charge in [0.15, 0.2) is 5.76 Å². The highest BCUT2D eigenvalue weighted by atomic mass is 79.9. The lowest BCUT2D eigenvalue weighted by atomic mass is 10.0. The van der Waals surface area contributed by atoms with Gasteiger partial charge in [-0.3, -0.25) is 9.69 Å². The molecule has 2 aliphatic heterocycles. The van der Waals surface area contributed by atoms with Gasteiger partial charge in [-0.2, -0.15) is 0 Å². The number of Topliss-reactive ketones (excluding diaryl/α,β-unsaturated/α-hetero) is 1. The lowest BCUT2D eigenvalue weighted by Crippen LogP contribution is -2.31. The Kier molecular flexibility index (Phi) is 4.89. The molecule has 0 atom stereocenters. The van der Waals surface area contributed by atoms with Gasteiger partial charge in [0.1, 0.15) is 24.0 Å². The van der Waals surface area contributed by atoms with E-state index in [-0.39, 0.29) is 11.6 Å². The number of benzene rings is 3. The van der Waals surface area contributed by atoms with Gasteiger partial charge >= 0.3 is 0 Å². The second-order valence-corrected chi connectivity index (χ2v) is 8.12. The van der Waals surface area contributed by atoms with E-state index in [0.717, 1.165) is 26.9 Å². The quantitative estimate of drug-likeness (QED) is 0.474. The smallest absolute Gasteiger partial charge is 0.231 e. The first-order chi connectivity index (χ1) is 14.6. The second-order valence-electron chi connectivity index (χ2n) is 7.27. The van der Waals surface area contributed by atoms with Gasteiger partial charge in [-0.1, -0.05) is 46.3 Å². The van der Waals surface area contributed by atoms with Crippen molar-refractivity contribution in [2.75, 3.05) is 6.73 Å². The van der Waals surface area contributed by atoms with Crippen molar-refractivity contribution in [2.45, 2.75) is 13.1 Å². The van der Waals surface area contributed by atoms with Gasteiger partial charge in [-0.25, -0.2) is 4.39 Å². The van der Waals surface area contributed by atoms with Gasteiger partial charge in [-0.15, -0.1) is 0 Å². The molecule has 0 fully saturated rings. The molecule has 30 heavy (non-hydrogen) atoms. The van der Waals surface area contributed by atoms with Gasteiger partial charge in [0, 0.05) is 17.6 Å². The van der Waals surface area contributed by atoms with Gasteiger partial charge < -0.3 is 9.47 Å². The summed E-state index contributed by atoms with van der Waals surface area (Å²) < 4.78 is 26.0. The maximum atomic E-state index is 13.2. The van der Waals surface area contributed by atoms with E-state index in [1.165, 1.54) is 12.1 Å². The Hall–Kier alpha value is -2.96. The van der Waals surface area contributed by atoms with Crippen molar-refractivity contribution in [2.24, 2.45) is 0 Å². The van der Waals surface area contributed by atoms with E-state index in [9.17, 15) is 9.18 Å². The van der Waals surface area contributed by atoms with Crippen LogP contribution in [0.2, 0.25) is 0 Å². The minimum atomic E-state index is -0.256. The lowest BCUT2D eigenvalue weighted by molar-refractivity contribution is 0.0872. The largest absolute Gasteiger partial charge is 0.478 e. The lowest BCUT2D eigenvalue weighted by Gasteiger charge is -2.29. The Bertz CT molecular complexity index is 1170. The number of carbonyl (C=O) groups excluding carboxylic acids is 1. The summed E-state index contributed by atoms with van der Waals surface area (Å²) in [6, 6.07) is 17.7. The molecule has 4 nitrogen and oxygen atoms in total. The Morgan fingerprint density at radius 3 is 2.67 bits per heavy atom. The first-order valence-corrected chi connectivity index (χ1v) is 10.3. The van der Waals surface area contributed by atoms with Crippen LogP contribution in [-0.4, -0.2) is 17.4 Å². The fraction of sp³-hybridized carbons (Fsp3) is 0.125. The molecule has 0 aliphatic carbocycles. The first-order valence-electron chi connectivity index (χ1n) is 9.53. The average molecular weight is 466 g/mol. The summed E-state index contributed by atoms with van der Waals surface area (Å²) in [4.78, 5) is 15.0. The number of allylic oxidation sites excluding steroid dienone is 1. The molecule has 0 saturated heterocycles. The molecule has 2 heterocycles. The van der Waals surface area contributed by atoms with E-state index in [2.05, 4.69) is 20.8 Å². The Balaban J connectivity index is 1.43. The molecule has 0 saturated carbocycles. The molecule has 0 unspecified atom stereocenters. The van der Waals surface area contributed by atoms with Crippen LogP contribution in [0.5, 0.6) is 11.5 Å². The third kappa shape index (κ3) is 3.53. The summed E-state index contributed by atoms with van der Waals surface area (Å²) in [5.41, 5.74) is 3.25. The van der Waals surface area contributed by atoms with Crippen LogP contribution >= 0.6 is 15.9 Å². The molecule has 2 aliphatic rings. The van der Waals surface area contributed by atoms with Crippen LogP contribution in [0.1, 0.15) is 27.0 Å². The van der Waals surface area contributed by atoms with E-state index in [4.69, 9.17) is 9.47 Å². The third-order valence-electron chi connectivity index (χ3n) is 5.19. The molecule has 3 aromatic rings. The summed E-state index contributed by atoms with van der Waals surface area (Å²) in [5, 5.41) is 0. The highest BCUT2D eigenvalue weighted by molar-refractivity contribution is 9.10. The third-order valence-corrected chi connectivity index (χ3v) is 5.92. The van der Waals surface area contributed by atoms with Crippen LogP contribution in [0.4, 0.5) is 4.39 Å². The van der Waals surface area contributed by atoms with Gasteiger partial charge in [0.2, 0.25) is 5.78 Å². The van der Waals surface area contributed by atoms with E-state index >= 15 is 0 Å². The topological polar surface area (TPSA) is 38.8 Å². The fourth-order valence-corrected chi connectivity index (χ4v) is 4.09. The highest BCUT2D eigenvalue weighted by Gasteiger charge is 2.33. The van der Waals surface area contributed by atoms with Crippen molar-refractivity contribution < 1.29 is 18.7 Å². The summed E-state index contributed by atoms with van der Waals surface area (Å²) in [6.07, 6.45) is 1.75. The SMILES string of the molecule is O=C1/C(=C/c2ccccc2Br)Oc2c1ccc1c2CN(Cc2ccc(F)cc2)CO1. The van der Waals surface area contributed by atoms with Crippen LogP contribution in [0, 0.1) is 5.82 Å². The molecule has 3 aromatic carbocycles. The summed E-state index contributed by atoms with van der Waals surface area (Å²) in [7, 11) is 0. The number of fused-ring (bicyclic) bond motifs is 3. The molecule has 0 amide bonds. The van der Waals surface area contributed by atoms with Crippen LogP contribution in [0.15, 0.2) is 70.9 Å². The normalized spacial score (nSPS) is 16.7. The van der Waals surface area contributed by atoms with E-state index in [1.807, 2.05) is 30.3 Å². The van der Waals surface area contributed by atoms with Crippen molar-refractivity contribution >= 4 is 27.8 Å². The van der Waals surface area contributed by atoms with Crippen LogP contribution < -0.4 is 9.47 Å². The summed E-state index contributed by atoms with van der Waals surface area (Å²) in [6.45, 7) is 1.60. The number of ketones is 1. The van der Waals surface area contributed by atoms with Gasteiger partial charge in [0.25, 0.3) is 0 Å². The van der Waals surface area contributed by atoms with Crippen molar-refractivity contribution in [3.8, 4) is 11.5 Å². The number of halogens is 2. The molecular formula is C24H17BrFNO3. The summed E-state index contributed by atoms with van der Waals surface area (Å²) in [5.74, 6) is 1.17. The zero-order valence-electron chi connectivity index (χ0n) is 15.9. The van der Waals surface area contributed by atoms with E-state index in [1.54, 1.807) is 24.3 Å². The van der Waals surface area contributed by atoms with Gasteiger partial charge in [0.05, 0.1) is 11.1 Å². The van der Waals surface area contributed by atoms with Gasteiger partial charge in [-0.05, 0) is 47.5 Å². The first kappa shape index (κ1) is 19.0. The fourth-order valence-electron chi connectivity index (χ4n) is 3.69. The van der Waals surface area contributed by atoms with Crippen molar-refractivity contribution in [1.29, 1.82) is 0 Å². The molecule has 5 rings (SSSR count). The maximum Gasteiger partial charge on any atom is 0.231 e. The van der Waals surface area contributed by atoms with E-state index < -0.39 is 0 Å². The minimum Gasteiger partial charge on any atom is -0.478 e. The second kappa shape index (κ2) is 7.70. The molecule has 0 radical (unpaired) electrons. The van der Waals surface area contributed by atoms with Crippen molar-refractivity contribution in [3.63, 3.8) is 0 Å². The number of hydrogen-bond donors (Lipinski definition) is 0. The molecular weight excluding hydrogens is 449 g/mol. The summed E-state index contributed by atoms with van der Waals surface area (Å²) >= 11 is 3.50. The Labute approximate surface area is 181 Å². The predicted octanol–water partition coefficient (Wildman–Crippen LogP) is 5.56. The van der Waals surface area contributed by atoms with Crippen LogP contribution in [0.25, 0.3) is 6.08 Å². The Morgan fingerprint density at radius 1 is 1.07 bits per heavy atom. The molecule has 0 spiro atoms. The average Bonchev–Trinajstić information content (AvgIpc) is 3.07. The number of carbonyl (C=O) groups is 1. The number of rotatable bonds is 3. The Morgan fingerprint density at radius 2 is 1.87 bits per heavy atom. The van der Waals surface area contributed by atoms with Crippen molar-refractivity contribution in [1.82, 2.24) is 4.90 Å². The number of nitrogens with zero attached hydrogens (tertiary/aromatic N) is 1. The predicted molar refractivity (Wildman–Crippen MR) is 115 cm³/mol. The monoisotopic (exact) mass is 465 g/mol. The standard InChI is InChI=1S/C24H17BrFNO3/c25-20-4-2-1-3-16(20)11-22-23(28)18-9-10-21-19(24(18)30-22)13-27(14-29-21)12-15-5-7-17(26)8-6-15/h1-11H,12-14H2/b22-11-. The van der Waals surface area contributed by atoms with Crippen LogP contribution in [0.3, 0.4) is 0 Å². The van der Waals surface area contributed by atoms with E-state index in [0.29, 0.717) is 36.9 Å². The zero-order chi connectivity index (χ0) is 20.7. The highest BCUT2D eigenvalue weighted by Crippen LogP contribution is 2.42. The molecule has 0 bridgehead atoms. The molecule has 6 heteroatoms. The van der Waals surface area contributed by atoms with Crippen LogP contribution in [-0.2, 0) is 13.1 Å². The molecule has 150 valence electrons. The molecule has 0 N–H and O–H groups in total. The van der Waals surface area contributed by atoms with Crippen molar-refractivity contribution in [3.05, 3.63) is 99.0 Å². The number of hydrogen-bond acceptors (Lipinski definition) is 4. The zero-order valence-corrected chi connectivity index (χ0v) is 17.5. The minimum absolute atomic E-state index is 0.140. The number of ether oxygens (including phenoxy) is 2. The molecule has 0 aromatic heterocycles. The maximum absolute atomic E-state index is 13.2.